The van der Waals surface area contributed by atoms with E-state index in [4.69, 9.17) is 4.11 Å². The van der Waals surface area contributed by atoms with Crippen LogP contribution in [0.5, 0.6) is 5.75 Å². The first-order chi connectivity index (χ1) is 6.01. The lowest BCUT2D eigenvalue weighted by Crippen LogP contribution is -1.82. The van der Waals surface area contributed by atoms with Crippen LogP contribution in [0.1, 0.15) is 14.5 Å². The van der Waals surface area contributed by atoms with Crippen LogP contribution in [0.4, 0.5) is 0 Å². The molecule has 0 aliphatic heterocycles. The summed E-state index contributed by atoms with van der Waals surface area (Å²) in [5, 5.41) is 0. The molecule has 0 atom stereocenters. The summed E-state index contributed by atoms with van der Waals surface area (Å²) in [5.74, 6) is 0.227. The van der Waals surface area contributed by atoms with E-state index in [1.54, 1.807) is 0 Å². The van der Waals surface area contributed by atoms with E-state index < -0.39 is 7.04 Å². The lowest BCUT2D eigenvalue weighted by Gasteiger charge is -1.96. The Balaban J connectivity index is 2.75. The fourth-order valence-electron chi connectivity index (χ4n) is 0.614. The first kappa shape index (κ1) is 3.76. The molecule has 1 aromatic rings. The number of carbonyl (C=O) groups excluding carboxylic acids is 1. The third-order valence-electron chi connectivity index (χ3n) is 1.13. The Kier molecular flexibility index (Phi) is 1.13. The van der Waals surface area contributed by atoms with Gasteiger partial charge in [-0.1, -0.05) is 0 Å². The molecule has 0 saturated heterocycles. The van der Waals surface area contributed by atoms with E-state index >= 15 is 0 Å². The van der Waals surface area contributed by atoms with Crippen LogP contribution in [0, 0.1) is 0 Å². The van der Waals surface area contributed by atoms with Crippen molar-refractivity contribution < 1.29 is 13.6 Å². The maximum absolute atomic E-state index is 10.3. The third-order valence-corrected chi connectivity index (χ3v) is 1.13. The average Bonchev–Trinajstić information content (AvgIpc) is 2.03. The van der Waals surface area contributed by atoms with Crippen molar-refractivity contribution in [2.45, 2.75) is 0 Å². The minimum absolute atomic E-state index is 0.227. The monoisotopic (exact) mass is 139 g/mol. The molecule has 0 bridgehead atoms. The second-order valence-electron chi connectivity index (χ2n) is 1.79. The van der Waals surface area contributed by atoms with E-state index in [9.17, 15) is 4.79 Å². The molecule has 0 aliphatic rings. The van der Waals surface area contributed by atoms with E-state index in [0.29, 0.717) is 11.8 Å². The summed E-state index contributed by atoms with van der Waals surface area (Å²) < 4.78 is 25.0. The molecule has 0 N–H and O–H groups in total. The van der Waals surface area contributed by atoms with Crippen LogP contribution in [-0.2, 0) is 0 Å². The van der Waals surface area contributed by atoms with Gasteiger partial charge < -0.3 is 4.74 Å². The highest BCUT2D eigenvalue weighted by molar-refractivity contribution is 5.74. The van der Waals surface area contributed by atoms with E-state index in [1.165, 1.54) is 24.3 Å². The second-order valence-corrected chi connectivity index (χ2v) is 1.79. The molecule has 0 aliphatic carbocycles. The van der Waals surface area contributed by atoms with Crippen molar-refractivity contribution in [3.8, 4) is 5.75 Å². The minimum atomic E-state index is -2.44. The van der Waals surface area contributed by atoms with Crippen LogP contribution in [0.2, 0.25) is 0 Å². The number of carbonyl (C=O) groups is 1. The Hall–Kier alpha value is -1.31. The zero-order valence-corrected chi connectivity index (χ0v) is 5.20. The van der Waals surface area contributed by atoms with Gasteiger partial charge >= 0.3 is 0 Å². The number of rotatable bonds is 2. The van der Waals surface area contributed by atoms with Gasteiger partial charge in [-0.2, -0.15) is 0 Å². The Labute approximate surface area is 63.7 Å². The highest BCUT2D eigenvalue weighted by Gasteiger charge is 1.89. The van der Waals surface area contributed by atoms with Gasteiger partial charge in [0.25, 0.3) is 0 Å². The number of methoxy groups -OCH3 is 1. The first-order valence-corrected chi connectivity index (χ1v) is 2.75. The molecule has 2 heteroatoms. The Morgan fingerprint density at radius 2 is 2.20 bits per heavy atom. The Bertz CT molecular complexity index is 289. The number of hydrogen-bond donors (Lipinski definition) is 0. The van der Waals surface area contributed by atoms with E-state index in [1.807, 2.05) is 0 Å². The standard InChI is InChI=1S/C8H8O2/c1-10-8-4-2-7(6-9)3-5-8/h2-6H,1H3/i1D3. The van der Waals surface area contributed by atoms with Crippen molar-refractivity contribution in [2.24, 2.45) is 0 Å². The van der Waals surface area contributed by atoms with Crippen LogP contribution < -0.4 is 4.74 Å². The lowest BCUT2D eigenvalue weighted by atomic mass is 10.2. The third kappa shape index (κ3) is 1.35. The van der Waals surface area contributed by atoms with Gasteiger partial charge in [-0.05, 0) is 24.3 Å². The highest BCUT2D eigenvalue weighted by Crippen LogP contribution is 2.09. The van der Waals surface area contributed by atoms with Gasteiger partial charge in [-0.25, -0.2) is 0 Å². The van der Waals surface area contributed by atoms with Crippen molar-refractivity contribution in [3.63, 3.8) is 0 Å². The summed E-state index contributed by atoms with van der Waals surface area (Å²) in [6.45, 7) is 0. The summed E-state index contributed by atoms with van der Waals surface area (Å²) in [4.78, 5) is 10.3. The van der Waals surface area contributed by atoms with E-state index in [0.717, 1.165) is 0 Å². The summed E-state index contributed by atoms with van der Waals surface area (Å²) in [6.07, 6.45) is 0.680. The SMILES string of the molecule is [2H]C([2H])([2H])Oc1ccc(C=O)cc1. The van der Waals surface area contributed by atoms with Crippen LogP contribution in [0.3, 0.4) is 0 Å². The largest absolute Gasteiger partial charge is 0.497 e. The van der Waals surface area contributed by atoms with Gasteiger partial charge in [-0.15, -0.1) is 0 Å². The van der Waals surface area contributed by atoms with Crippen molar-refractivity contribution >= 4 is 6.29 Å². The van der Waals surface area contributed by atoms with Gasteiger partial charge in [0.2, 0.25) is 0 Å². The molecule has 0 amide bonds. The number of benzene rings is 1. The molecule has 0 saturated carbocycles. The summed E-state index contributed by atoms with van der Waals surface area (Å²) in [7, 11) is -2.44. The van der Waals surface area contributed by atoms with Crippen LogP contribution >= 0.6 is 0 Å². The highest BCUT2D eigenvalue weighted by atomic mass is 16.5. The molecule has 0 fully saturated rings. The van der Waals surface area contributed by atoms with Crippen molar-refractivity contribution in [1.82, 2.24) is 0 Å². The predicted octanol–water partition coefficient (Wildman–Crippen LogP) is 1.51. The van der Waals surface area contributed by atoms with E-state index in [-0.39, 0.29) is 5.75 Å². The van der Waals surface area contributed by atoms with Crippen LogP contribution in [0.15, 0.2) is 24.3 Å². The lowest BCUT2D eigenvalue weighted by molar-refractivity contribution is 0.112. The molecule has 0 heterocycles. The van der Waals surface area contributed by atoms with Gasteiger partial charge in [0.15, 0.2) is 0 Å². The molecular weight excluding hydrogens is 128 g/mol. The number of hydrogen-bond acceptors (Lipinski definition) is 2. The van der Waals surface area contributed by atoms with Crippen LogP contribution in [-0.4, -0.2) is 13.3 Å². The minimum Gasteiger partial charge on any atom is -0.497 e. The van der Waals surface area contributed by atoms with Crippen molar-refractivity contribution in [3.05, 3.63) is 29.8 Å². The maximum Gasteiger partial charge on any atom is 0.150 e. The quantitative estimate of drug-likeness (QED) is 0.580. The second kappa shape index (κ2) is 3.01. The molecule has 52 valence electrons. The topological polar surface area (TPSA) is 26.3 Å². The summed E-state index contributed by atoms with van der Waals surface area (Å²) >= 11 is 0. The molecular formula is C8H8O2. The number of ether oxygens (including phenoxy) is 1. The molecule has 1 aromatic carbocycles. The first-order valence-electron chi connectivity index (χ1n) is 4.25. The van der Waals surface area contributed by atoms with Crippen molar-refractivity contribution in [2.75, 3.05) is 7.04 Å². The molecule has 0 radical (unpaired) electrons. The predicted molar refractivity (Wildman–Crippen MR) is 38.4 cm³/mol. The fraction of sp³-hybridized carbons (Fsp3) is 0.125. The molecule has 1 rings (SSSR count). The van der Waals surface area contributed by atoms with Crippen LogP contribution in [0.25, 0.3) is 0 Å². The number of aldehydes is 1. The Morgan fingerprint density at radius 3 is 2.70 bits per heavy atom. The fourth-order valence-corrected chi connectivity index (χ4v) is 0.614. The summed E-state index contributed by atoms with van der Waals surface area (Å²) in [5.41, 5.74) is 0.484. The van der Waals surface area contributed by atoms with Gasteiger partial charge in [-0.3, -0.25) is 4.79 Å². The molecule has 0 unspecified atom stereocenters. The van der Waals surface area contributed by atoms with Gasteiger partial charge in [0.1, 0.15) is 12.0 Å². The average molecular weight is 139 g/mol. The molecule has 2 nitrogen and oxygen atoms in total. The van der Waals surface area contributed by atoms with Gasteiger partial charge in [0, 0.05) is 5.56 Å². The maximum atomic E-state index is 10.3. The smallest absolute Gasteiger partial charge is 0.150 e. The Morgan fingerprint density at radius 1 is 1.50 bits per heavy atom. The normalized spacial score (nSPS) is 14.6. The van der Waals surface area contributed by atoms with Gasteiger partial charge in [0.05, 0.1) is 11.2 Å². The van der Waals surface area contributed by atoms with E-state index in [2.05, 4.69) is 4.74 Å². The molecule has 0 spiro atoms. The summed E-state index contributed by atoms with van der Waals surface area (Å²) in [6, 6.07) is 5.87. The zero-order valence-electron chi connectivity index (χ0n) is 8.20. The van der Waals surface area contributed by atoms with Crippen molar-refractivity contribution in [1.29, 1.82) is 0 Å². The zero-order chi connectivity index (χ0) is 9.90. The molecule has 0 aromatic heterocycles. The molecule has 10 heavy (non-hydrogen) atoms.